The molecule has 1 aromatic carbocycles. The second-order valence-electron chi connectivity index (χ2n) is 4.99. The largest absolute Gasteiger partial charge is 0.477 e. The van der Waals surface area contributed by atoms with E-state index in [0.717, 1.165) is 12.2 Å². The van der Waals surface area contributed by atoms with Gasteiger partial charge in [0.05, 0.1) is 6.20 Å². The number of carbonyl (C=O) groups is 2. The van der Waals surface area contributed by atoms with Gasteiger partial charge in [0, 0.05) is 30.5 Å². The molecule has 2 N–H and O–H groups in total. The van der Waals surface area contributed by atoms with Crippen LogP contribution in [0.2, 0.25) is 0 Å². The molecule has 2 aromatic rings. The highest BCUT2D eigenvalue weighted by Crippen LogP contribution is 2.18. The van der Waals surface area contributed by atoms with Gasteiger partial charge in [0.2, 0.25) is 5.91 Å². The number of rotatable bonds is 8. The van der Waals surface area contributed by atoms with Crippen LogP contribution in [0.1, 0.15) is 28.9 Å². The van der Waals surface area contributed by atoms with Crippen molar-refractivity contribution < 1.29 is 14.7 Å². The minimum atomic E-state index is -1.05. The SMILES string of the molecule is Cn1ncc(CNC(=O)CCCSc2ccccc2)c1C(=O)O. The molecule has 0 spiro atoms. The molecule has 7 heteroatoms. The van der Waals surface area contributed by atoms with Crippen LogP contribution in [0.3, 0.4) is 0 Å². The summed E-state index contributed by atoms with van der Waals surface area (Å²) >= 11 is 1.72. The van der Waals surface area contributed by atoms with E-state index in [2.05, 4.69) is 10.4 Å². The van der Waals surface area contributed by atoms with Gasteiger partial charge in [-0.1, -0.05) is 18.2 Å². The first-order chi connectivity index (χ1) is 11.1. The van der Waals surface area contributed by atoms with Crippen molar-refractivity contribution in [2.24, 2.45) is 7.05 Å². The van der Waals surface area contributed by atoms with Crippen molar-refractivity contribution in [3.05, 3.63) is 47.8 Å². The molecule has 1 aromatic heterocycles. The zero-order chi connectivity index (χ0) is 16.7. The van der Waals surface area contributed by atoms with Crippen LogP contribution in [-0.4, -0.2) is 32.5 Å². The Balaban J connectivity index is 1.70. The number of aryl methyl sites for hydroxylation is 1. The molecule has 0 unspecified atom stereocenters. The normalized spacial score (nSPS) is 10.5. The number of nitrogens with one attached hydrogen (secondary N) is 1. The minimum Gasteiger partial charge on any atom is -0.477 e. The highest BCUT2D eigenvalue weighted by Gasteiger charge is 2.15. The first kappa shape index (κ1) is 17.1. The van der Waals surface area contributed by atoms with Crippen molar-refractivity contribution >= 4 is 23.6 Å². The molecule has 122 valence electrons. The van der Waals surface area contributed by atoms with Gasteiger partial charge in [0.15, 0.2) is 5.69 Å². The predicted molar refractivity (Wildman–Crippen MR) is 88.4 cm³/mol. The Labute approximate surface area is 138 Å². The van der Waals surface area contributed by atoms with Crippen molar-refractivity contribution in [1.82, 2.24) is 15.1 Å². The van der Waals surface area contributed by atoms with Crippen LogP contribution >= 0.6 is 11.8 Å². The number of carbonyl (C=O) groups excluding carboxylic acids is 1. The number of aromatic carboxylic acids is 1. The summed E-state index contributed by atoms with van der Waals surface area (Å²) < 4.78 is 1.29. The highest BCUT2D eigenvalue weighted by molar-refractivity contribution is 7.99. The first-order valence-corrected chi connectivity index (χ1v) is 8.25. The molecule has 0 aliphatic heterocycles. The standard InChI is InChI=1S/C16H19N3O3S/c1-19-15(16(21)22)12(11-18-19)10-17-14(20)8-5-9-23-13-6-3-2-4-7-13/h2-4,6-7,11H,5,8-10H2,1H3,(H,17,20)(H,21,22). The summed E-state index contributed by atoms with van der Waals surface area (Å²) in [6.07, 6.45) is 2.65. The molecule has 0 aliphatic carbocycles. The molecule has 0 saturated carbocycles. The molecule has 0 bridgehead atoms. The Morgan fingerprint density at radius 1 is 1.30 bits per heavy atom. The van der Waals surface area contributed by atoms with Crippen LogP contribution in [0.25, 0.3) is 0 Å². The average Bonchev–Trinajstić information content (AvgIpc) is 2.91. The Hall–Kier alpha value is -2.28. The van der Waals surface area contributed by atoms with Crippen LogP contribution in [0.15, 0.2) is 41.4 Å². The third kappa shape index (κ3) is 5.14. The van der Waals surface area contributed by atoms with Gasteiger partial charge in [-0.3, -0.25) is 9.48 Å². The molecular weight excluding hydrogens is 314 g/mol. The van der Waals surface area contributed by atoms with E-state index in [1.54, 1.807) is 18.8 Å². The van der Waals surface area contributed by atoms with Crippen molar-refractivity contribution in [3.63, 3.8) is 0 Å². The predicted octanol–water partition coefficient (Wildman–Crippen LogP) is 2.31. The number of hydrogen-bond acceptors (Lipinski definition) is 4. The molecular formula is C16H19N3O3S. The van der Waals surface area contributed by atoms with Gasteiger partial charge in [-0.2, -0.15) is 5.10 Å². The van der Waals surface area contributed by atoms with E-state index in [-0.39, 0.29) is 18.1 Å². The number of carboxylic acids is 1. The summed E-state index contributed by atoms with van der Waals surface area (Å²) in [5.41, 5.74) is 0.608. The first-order valence-electron chi connectivity index (χ1n) is 7.26. The Morgan fingerprint density at radius 2 is 2.04 bits per heavy atom. The summed E-state index contributed by atoms with van der Waals surface area (Å²) in [4.78, 5) is 24.1. The lowest BCUT2D eigenvalue weighted by atomic mass is 10.2. The lowest BCUT2D eigenvalue weighted by Crippen LogP contribution is -2.23. The van der Waals surface area contributed by atoms with Crippen LogP contribution in [0.4, 0.5) is 0 Å². The zero-order valence-corrected chi connectivity index (χ0v) is 13.7. The molecule has 0 aliphatic rings. The molecule has 6 nitrogen and oxygen atoms in total. The fourth-order valence-corrected chi connectivity index (χ4v) is 2.98. The van der Waals surface area contributed by atoms with Crippen molar-refractivity contribution in [2.45, 2.75) is 24.3 Å². The number of aromatic nitrogens is 2. The maximum atomic E-state index is 11.8. The van der Waals surface area contributed by atoms with Crippen LogP contribution in [0, 0.1) is 0 Å². The van der Waals surface area contributed by atoms with Gasteiger partial charge in [-0.05, 0) is 24.3 Å². The number of carboxylic acid groups (broad SMARTS) is 1. The van der Waals surface area contributed by atoms with E-state index in [9.17, 15) is 9.59 Å². The molecule has 1 amide bonds. The van der Waals surface area contributed by atoms with Crippen LogP contribution < -0.4 is 5.32 Å². The lowest BCUT2D eigenvalue weighted by molar-refractivity contribution is -0.121. The zero-order valence-electron chi connectivity index (χ0n) is 12.9. The van der Waals surface area contributed by atoms with Gasteiger partial charge in [-0.25, -0.2) is 4.79 Å². The van der Waals surface area contributed by atoms with E-state index in [4.69, 9.17) is 5.11 Å². The smallest absolute Gasteiger partial charge is 0.354 e. The van der Waals surface area contributed by atoms with Crippen LogP contribution in [-0.2, 0) is 18.4 Å². The Morgan fingerprint density at radius 3 is 2.74 bits per heavy atom. The van der Waals surface area contributed by atoms with Gasteiger partial charge in [0.25, 0.3) is 0 Å². The van der Waals surface area contributed by atoms with Gasteiger partial charge < -0.3 is 10.4 Å². The number of benzene rings is 1. The third-order valence-corrected chi connectivity index (χ3v) is 4.35. The van der Waals surface area contributed by atoms with Gasteiger partial charge >= 0.3 is 5.97 Å². The molecule has 0 atom stereocenters. The van der Waals surface area contributed by atoms with E-state index < -0.39 is 5.97 Å². The average molecular weight is 333 g/mol. The van der Waals surface area contributed by atoms with E-state index in [0.29, 0.717) is 12.0 Å². The number of hydrogen-bond donors (Lipinski definition) is 2. The minimum absolute atomic E-state index is 0.0844. The third-order valence-electron chi connectivity index (χ3n) is 3.25. The number of nitrogens with zero attached hydrogens (tertiary/aromatic N) is 2. The lowest BCUT2D eigenvalue weighted by Gasteiger charge is -2.05. The van der Waals surface area contributed by atoms with Crippen molar-refractivity contribution in [1.29, 1.82) is 0 Å². The Bertz CT molecular complexity index is 670. The van der Waals surface area contributed by atoms with E-state index in [1.807, 2.05) is 30.3 Å². The van der Waals surface area contributed by atoms with Gasteiger partial charge in [-0.15, -0.1) is 11.8 Å². The molecule has 1 heterocycles. The van der Waals surface area contributed by atoms with Crippen molar-refractivity contribution in [3.8, 4) is 0 Å². The molecule has 0 radical (unpaired) electrons. The van der Waals surface area contributed by atoms with Gasteiger partial charge in [0.1, 0.15) is 0 Å². The fourth-order valence-electron chi connectivity index (χ4n) is 2.11. The topological polar surface area (TPSA) is 84.2 Å². The summed E-state index contributed by atoms with van der Waals surface area (Å²) in [6, 6.07) is 10.0. The summed E-state index contributed by atoms with van der Waals surface area (Å²) in [5, 5.41) is 15.8. The maximum absolute atomic E-state index is 11.8. The van der Waals surface area contributed by atoms with E-state index in [1.165, 1.54) is 15.8 Å². The monoisotopic (exact) mass is 333 g/mol. The number of amides is 1. The second-order valence-corrected chi connectivity index (χ2v) is 6.16. The van der Waals surface area contributed by atoms with E-state index >= 15 is 0 Å². The summed E-state index contributed by atoms with van der Waals surface area (Å²) in [6.45, 7) is 0.181. The molecule has 0 saturated heterocycles. The molecule has 0 fully saturated rings. The Kier molecular flexibility index (Phi) is 6.22. The maximum Gasteiger partial charge on any atom is 0.354 e. The number of thioether (sulfide) groups is 1. The fraction of sp³-hybridized carbons (Fsp3) is 0.312. The van der Waals surface area contributed by atoms with Crippen LogP contribution in [0.5, 0.6) is 0 Å². The molecule has 23 heavy (non-hydrogen) atoms. The second kappa shape index (κ2) is 8.38. The quantitative estimate of drug-likeness (QED) is 0.572. The summed E-state index contributed by atoms with van der Waals surface area (Å²) in [5.74, 6) is -0.266. The highest BCUT2D eigenvalue weighted by atomic mass is 32.2. The molecule has 2 rings (SSSR count). The van der Waals surface area contributed by atoms with Crippen molar-refractivity contribution in [2.75, 3.05) is 5.75 Å². The summed E-state index contributed by atoms with van der Waals surface area (Å²) in [7, 11) is 1.57.